The molecule has 1 aromatic rings. The highest BCUT2D eigenvalue weighted by molar-refractivity contribution is 5.79. The van der Waals surface area contributed by atoms with Gasteiger partial charge < -0.3 is 9.47 Å². The largest absolute Gasteiger partial charge is 0.342 e. The van der Waals surface area contributed by atoms with Crippen LogP contribution in [0.15, 0.2) is 12.4 Å². The smallest absolute Gasteiger partial charge is 0.225 e. The maximum absolute atomic E-state index is 12.4. The Morgan fingerprint density at radius 2 is 2.10 bits per heavy atom. The van der Waals surface area contributed by atoms with Gasteiger partial charge in [-0.25, -0.2) is 4.98 Å². The van der Waals surface area contributed by atoms with Gasteiger partial charge in [-0.1, -0.05) is 6.42 Å². The van der Waals surface area contributed by atoms with Crippen LogP contribution in [-0.2, 0) is 4.79 Å². The van der Waals surface area contributed by atoms with Gasteiger partial charge in [0, 0.05) is 43.4 Å². The van der Waals surface area contributed by atoms with Crippen molar-refractivity contribution in [2.45, 2.75) is 57.9 Å². The van der Waals surface area contributed by atoms with E-state index in [-0.39, 0.29) is 0 Å². The van der Waals surface area contributed by atoms with Crippen molar-refractivity contribution in [1.82, 2.24) is 14.5 Å². The summed E-state index contributed by atoms with van der Waals surface area (Å²) in [5, 5.41) is 0. The molecule has 0 N–H and O–H groups in total. The minimum atomic E-state index is 0.318. The molecule has 4 heteroatoms. The van der Waals surface area contributed by atoms with E-state index in [1.807, 2.05) is 6.20 Å². The van der Waals surface area contributed by atoms with Crippen molar-refractivity contribution in [3.8, 4) is 0 Å². The number of piperidine rings is 1. The van der Waals surface area contributed by atoms with Crippen LogP contribution in [0.1, 0.15) is 63.7 Å². The summed E-state index contributed by atoms with van der Waals surface area (Å²) < 4.78 is 2.25. The van der Waals surface area contributed by atoms with Gasteiger partial charge in [0.05, 0.1) is 0 Å². The van der Waals surface area contributed by atoms with Crippen LogP contribution in [0, 0.1) is 5.92 Å². The fourth-order valence-corrected chi connectivity index (χ4v) is 3.38. The van der Waals surface area contributed by atoms with E-state index in [0.717, 1.165) is 44.6 Å². The normalized spacial score (nSPS) is 23.9. The van der Waals surface area contributed by atoms with E-state index in [1.165, 1.54) is 6.42 Å². The fourth-order valence-electron chi connectivity index (χ4n) is 3.38. The van der Waals surface area contributed by atoms with Crippen LogP contribution in [0.25, 0.3) is 0 Å². The predicted molar refractivity (Wildman–Crippen MR) is 78.5 cm³/mol. The minimum Gasteiger partial charge on any atom is -0.342 e. The zero-order chi connectivity index (χ0) is 14.1. The molecule has 2 fully saturated rings. The summed E-state index contributed by atoms with van der Waals surface area (Å²) in [6, 6.07) is 0.435. The Bertz CT molecular complexity index is 476. The highest BCUT2D eigenvalue weighted by Gasteiger charge is 2.33. The fraction of sp³-hybridized carbons (Fsp3) is 0.750. The van der Waals surface area contributed by atoms with E-state index < -0.39 is 0 Å². The zero-order valence-electron chi connectivity index (χ0n) is 12.6. The lowest BCUT2D eigenvalue weighted by atomic mass is 9.83. The summed E-state index contributed by atoms with van der Waals surface area (Å²) >= 11 is 0. The van der Waals surface area contributed by atoms with Crippen molar-refractivity contribution in [1.29, 1.82) is 0 Å². The molecule has 3 rings (SSSR count). The molecule has 0 bridgehead atoms. The van der Waals surface area contributed by atoms with E-state index in [2.05, 4.69) is 34.5 Å². The lowest BCUT2D eigenvalue weighted by Crippen LogP contribution is -2.44. The molecule has 20 heavy (non-hydrogen) atoms. The molecule has 2 heterocycles. The molecule has 1 aliphatic carbocycles. The van der Waals surface area contributed by atoms with Crippen LogP contribution in [-0.4, -0.2) is 33.4 Å². The number of hydrogen-bond donors (Lipinski definition) is 0. The summed E-state index contributed by atoms with van der Waals surface area (Å²) in [6.45, 7) is 6.17. The van der Waals surface area contributed by atoms with Gasteiger partial charge in [0.2, 0.25) is 5.91 Å². The zero-order valence-corrected chi connectivity index (χ0v) is 12.6. The number of imidazole rings is 1. The minimum absolute atomic E-state index is 0.318. The number of carbonyl (C=O) groups is 1. The van der Waals surface area contributed by atoms with Gasteiger partial charge in [-0.05, 0) is 39.5 Å². The molecule has 1 saturated carbocycles. The van der Waals surface area contributed by atoms with Gasteiger partial charge in [-0.3, -0.25) is 4.79 Å². The summed E-state index contributed by atoms with van der Waals surface area (Å²) in [6.07, 6.45) is 9.63. The number of aromatic nitrogens is 2. The monoisotopic (exact) mass is 275 g/mol. The Labute approximate surface area is 121 Å². The molecule has 2 aliphatic rings. The van der Waals surface area contributed by atoms with Gasteiger partial charge in [0.1, 0.15) is 5.82 Å². The Kier molecular flexibility index (Phi) is 3.81. The summed E-state index contributed by atoms with van der Waals surface area (Å²) in [7, 11) is 0. The van der Waals surface area contributed by atoms with Crippen molar-refractivity contribution in [2.75, 3.05) is 13.1 Å². The molecule has 1 aliphatic heterocycles. The van der Waals surface area contributed by atoms with Gasteiger partial charge >= 0.3 is 0 Å². The van der Waals surface area contributed by atoms with E-state index in [4.69, 9.17) is 0 Å². The second-order valence-corrected chi connectivity index (χ2v) is 6.54. The Morgan fingerprint density at radius 3 is 2.75 bits per heavy atom. The summed E-state index contributed by atoms with van der Waals surface area (Å²) in [4.78, 5) is 19.1. The number of rotatable bonds is 3. The average molecular weight is 275 g/mol. The van der Waals surface area contributed by atoms with Gasteiger partial charge in [-0.15, -0.1) is 0 Å². The first-order valence-electron chi connectivity index (χ1n) is 7.98. The van der Waals surface area contributed by atoms with Gasteiger partial charge in [0.25, 0.3) is 0 Å². The van der Waals surface area contributed by atoms with Crippen LogP contribution in [0.4, 0.5) is 0 Å². The lowest BCUT2D eigenvalue weighted by molar-refractivity contribution is -0.139. The molecular weight excluding hydrogens is 250 g/mol. The van der Waals surface area contributed by atoms with Crippen LogP contribution in [0.2, 0.25) is 0 Å². The van der Waals surface area contributed by atoms with Crippen LogP contribution >= 0.6 is 0 Å². The van der Waals surface area contributed by atoms with E-state index >= 15 is 0 Å². The molecule has 0 radical (unpaired) electrons. The van der Waals surface area contributed by atoms with E-state index in [1.54, 1.807) is 0 Å². The lowest BCUT2D eigenvalue weighted by Gasteiger charge is -2.37. The molecule has 1 amide bonds. The van der Waals surface area contributed by atoms with Crippen LogP contribution in [0.5, 0.6) is 0 Å². The first-order valence-corrected chi connectivity index (χ1v) is 7.98. The number of likely N-dealkylation sites (tertiary alicyclic amines) is 1. The van der Waals surface area contributed by atoms with Crippen molar-refractivity contribution in [3.63, 3.8) is 0 Å². The first kappa shape index (κ1) is 13.7. The molecule has 0 aromatic carbocycles. The topological polar surface area (TPSA) is 38.1 Å². The summed E-state index contributed by atoms with van der Waals surface area (Å²) in [5.74, 6) is 2.28. The molecule has 0 unspecified atom stereocenters. The van der Waals surface area contributed by atoms with Crippen LogP contribution < -0.4 is 0 Å². The third-order valence-corrected chi connectivity index (χ3v) is 4.81. The second kappa shape index (κ2) is 5.58. The molecule has 0 spiro atoms. The number of hydrogen-bond acceptors (Lipinski definition) is 2. The maximum atomic E-state index is 12.4. The molecule has 110 valence electrons. The van der Waals surface area contributed by atoms with Gasteiger partial charge in [0.15, 0.2) is 0 Å². The Hall–Kier alpha value is -1.32. The van der Waals surface area contributed by atoms with Crippen molar-refractivity contribution in [3.05, 3.63) is 18.2 Å². The molecular formula is C16H25N3O. The molecule has 1 aromatic heterocycles. The highest BCUT2D eigenvalue weighted by atomic mass is 16.2. The number of nitrogens with zero attached hydrogens (tertiary/aromatic N) is 3. The summed E-state index contributed by atoms with van der Waals surface area (Å²) in [5.41, 5.74) is 0. The third kappa shape index (κ3) is 2.48. The number of carbonyl (C=O) groups excluding carboxylic acids is 1. The standard InChI is InChI=1S/C16H25N3O/c1-12(2)19-10-8-17-15(19)14-7-4-9-18(11-14)16(20)13-5-3-6-13/h8,10,12-14H,3-7,9,11H2,1-2H3/t14-/m1/s1. The Morgan fingerprint density at radius 1 is 1.30 bits per heavy atom. The van der Waals surface area contributed by atoms with E-state index in [0.29, 0.717) is 23.8 Å². The van der Waals surface area contributed by atoms with Crippen molar-refractivity contribution < 1.29 is 4.79 Å². The second-order valence-electron chi connectivity index (χ2n) is 6.54. The highest BCUT2D eigenvalue weighted by Crippen LogP contribution is 2.32. The molecule has 4 nitrogen and oxygen atoms in total. The quantitative estimate of drug-likeness (QED) is 0.850. The average Bonchev–Trinajstić information content (AvgIpc) is 2.86. The van der Waals surface area contributed by atoms with E-state index in [9.17, 15) is 4.79 Å². The molecule has 1 saturated heterocycles. The predicted octanol–water partition coefficient (Wildman–Crippen LogP) is 2.97. The van der Waals surface area contributed by atoms with Crippen LogP contribution in [0.3, 0.4) is 0 Å². The number of amides is 1. The third-order valence-electron chi connectivity index (χ3n) is 4.81. The Balaban J connectivity index is 1.71. The van der Waals surface area contributed by atoms with Crippen molar-refractivity contribution >= 4 is 5.91 Å². The molecule has 1 atom stereocenters. The maximum Gasteiger partial charge on any atom is 0.225 e. The van der Waals surface area contributed by atoms with Crippen molar-refractivity contribution in [2.24, 2.45) is 5.92 Å². The SMILES string of the molecule is CC(C)n1ccnc1[C@@H]1CCCN(C(=O)C2CCC2)C1. The van der Waals surface area contributed by atoms with Gasteiger partial charge in [-0.2, -0.15) is 0 Å². The first-order chi connectivity index (χ1) is 9.66.